The van der Waals surface area contributed by atoms with Crippen LogP contribution in [0, 0.1) is 11.6 Å². The van der Waals surface area contributed by atoms with Crippen LogP contribution in [0.5, 0.6) is 0 Å². The number of fused-ring (bicyclic) bond motifs is 2. The molecule has 10 heteroatoms. The molecule has 2 heterocycles. The van der Waals surface area contributed by atoms with E-state index >= 15 is 0 Å². The minimum Gasteiger partial charge on any atom is -0.304 e. The third kappa shape index (κ3) is 2.76. The molecule has 0 aliphatic heterocycles. The van der Waals surface area contributed by atoms with Crippen LogP contribution in [0.25, 0.3) is 28.0 Å². The van der Waals surface area contributed by atoms with Crippen molar-refractivity contribution in [2.75, 3.05) is 0 Å². The third-order valence-electron chi connectivity index (χ3n) is 4.88. The SMILES string of the molecule is O=[SH](=O)NCc1ccc2ncn(-c3nc4ccc(F)c(F)c4n3C3CC3)c2c1. The van der Waals surface area contributed by atoms with Crippen LogP contribution in [-0.2, 0) is 17.4 Å². The summed E-state index contributed by atoms with van der Waals surface area (Å²) in [7, 11) is -2.70. The Morgan fingerprint density at radius 2 is 1.93 bits per heavy atom. The largest absolute Gasteiger partial charge is 0.304 e. The highest BCUT2D eigenvalue weighted by Crippen LogP contribution is 2.41. The monoisotopic (exact) mass is 403 g/mol. The van der Waals surface area contributed by atoms with Gasteiger partial charge in [-0.3, -0.25) is 4.57 Å². The lowest BCUT2D eigenvalue weighted by molar-refractivity contribution is 0.511. The number of halogens is 2. The molecule has 0 radical (unpaired) electrons. The zero-order valence-corrected chi connectivity index (χ0v) is 15.4. The number of rotatable bonds is 5. The van der Waals surface area contributed by atoms with Gasteiger partial charge >= 0.3 is 0 Å². The van der Waals surface area contributed by atoms with E-state index in [1.165, 1.54) is 6.07 Å². The van der Waals surface area contributed by atoms with E-state index in [4.69, 9.17) is 0 Å². The molecule has 2 aromatic carbocycles. The van der Waals surface area contributed by atoms with E-state index in [0.29, 0.717) is 22.5 Å². The molecule has 1 aliphatic carbocycles. The molecule has 0 unspecified atom stereocenters. The summed E-state index contributed by atoms with van der Waals surface area (Å²) in [6, 6.07) is 7.97. The van der Waals surface area contributed by atoms with Crippen LogP contribution < -0.4 is 4.72 Å². The number of benzene rings is 2. The van der Waals surface area contributed by atoms with E-state index in [2.05, 4.69) is 14.7 Å². The number of thiol groups is 1. The maximum Gasteiger partial charge on any atom is 0.217 e. The smallest absolute Gasteiger partial charge is 0.217 e. The van der Waals surface area contributed by atoms with Crippen LogP contribution in [0.1, 0.15) is 24.4 Å². The Labute approximate surface area is 159 Å². The van der Waals surface area contributed by atoms with Gasteiger partial charge in [0.05, 0.1) is 16.6 Å². The summed E-state index contributed by atoms with van der Waals surface area (Å²) in [6.07, 6.45) is 3.32. The molecule has 144 valence electrons. The van der Waals surface area contributed by atoms with E-state index in [9.17, 15) is 17.2 Å². The summed E-state index contributed by atoms with van der Waals surface area (Å²) in [5, 5.41) is 0. The molecule has 28 heavy (non-hydrogen) atoms. The van der Waals surface area contributed by atoms with Crippen LogP contribution in [0.4, 0.5) is 8.78 Å². The van der Waals surface area contributed by atoms with E-state index in [-0.39, 0.29) is 18.1 Å². The van der Waals surface area contributed by atoms with Crippen molar-refractivity contribution >= 4 is 33.0 Å². The van der Waals surface area contributed by atoms with Crippen LogP contribution in [0.2, 0.25) is 0 Å². The van der Waals surface area contributed by atoms with Gasteiger partial charge < -0.3 is 4.57 Å². The zero-order chi connectivity index (χ0) is 19.4. The number of nitrogens with one attached hydrogen (secondary N) is 1. The first-order chi connectivity index (χ1) is 13.5. The van der Waals surface area contributed by atoms with Crippen molar-refractivity contribution < 1.29 is 17.2 Å². The summed E-state index contributed by atoms with van der Waals surface area (Å²) in [5.74, 6) is -1.35. The topological polar surface area (TPSA) is 81.8 Å². The lowest BCUT2D eigenvalue weighted by Gasteiger charge is -2.10. The number of nitrogens with zero attached hydrogens (tertiary/aromatic N) is 4. The van der Waals surface area contributed by atoms with Crippen molar-refractivity contribution in [3.05, 3.63) is 53.9 Å². The Balaban J connectivity index is 1.72. The van der Waals surface area contributed by atoms with Gasteiger partial charge in [0.2, 0.25) is 16.8 Å². The highest BCUT2D eigenvalue weighted by molar-refractivity contribution is 7.70. The van der Waals surface area contributed by atoms with Gasteiger partial charge in [-0.1, -0.05) is 6.07 Å². The summed E-state index contributed by atoms with van der Waals surface area (Å²) < 4.78 is 55.8. The molecule has 0 saturated heterocycles. The predicted molar refractivity (Wildman–Crippen MR) is 99.7 cm³/mol. The minimum absolute atomic E-state index is 0.0584. The number of imidazole rings is 2. The lowest BCUT2D eigenvalue weighted by Crippen LogP contribution is -2.10. The third-order valence-corrected chi connectivity index (χ3v) is 5.29. The van der Waals surface area contributed by atoms with Crippen molar-refractivity contribution in [1.29, 1.82) is 0 Å². The molecule has 7 nitrogen and oxygen atoms in total. The number of hydrogen-bond donors (Lipinski definition) is 2. The molecule has 0 spiro atoms. The van der Waals surface area contributed by atoms with Gasteiger partial charge in [-0.25, -0.2) is 31.9 Å². The summed E-state index contributed by atoms with van der Waals surface area (Å²) in [6.45, 7) is 0.151. The van der Waals surface area contributed by atoms with E-state index < -0.39 is 22.5 Å². The van der Waals surface area contributed by atoms with Gasteiger partial charge in [0, 0.05) is 12.6 Å². The molecule has 4 aromatic rings. The summed E-state index contributed by atoms with van der Waals surface area (Å²) >= 11 is 0. The number of aromatic nitrogens is 4. The van der Waals surface area contributed by atoms with Crippen LogP contribution >= 0.6 is 0 Å². The molecule has 1 saturated carbocycles. The standard InChI is InChI=1S/C18H15F2N5O2S/c19-12-4-6-14-17(16(12)20)25(11-2-3-11)18(23-14)24-9-21-13-5-1-10(7-15(13)24)8-22-28(26)27/h1,4-7,9,11,28H,2-3,8H2,(H,22,26,27). The van der Waals surface area contributed by atoms with E-state index in [1.807, 2.05) is 6.07 Å². The fourth-order valence-corrected chi connectivity index (χ4v) is 3.75. The molecule has 0 atom stereocenters. The second-order valence-electron chi connectivity index (χ2n) is 6.77. The van der Waals surface area contributed by atoms with Gasteiger partial charge in [0.1, 0.15) is 11.8 Å². The van der Waals surface area contributed by atoms with Crippen molar-refractivity contribution in [2.45, 2.75) is 25.4 Å². The first-order valence-electron chi connectivity index (χ1n) is 8.73. The Kier molecular flexibility index (Phi) is 3.91. The normalized spacial score (nSPS) is 14.5. The van der Waals surface area contributed by atoms with Crippen LogP contribution in [0.3, 0.4) is 0 Å². The van der Waals surface area contributed by atoms with Crippen molar-refractivity contribution in [3.8, 4) is 5.95 Å². The van der Waals surface area contributed by atoms with Crippen LogP contribution in [0.15, 0.2) is 36.7 Å². The molecule has 2 aromatic heterocycles. The second kappa shape index (κ2) is 6.35. The minimum atomic E-state index is -2.70. The Hall–Kier alpha value is -2.85. The second-order valence-corrected chi connectivity index (χ2v) is 7.60. The first kappa shape index (κ1) is 17.3. The fraction of sp³-hybridized carbons (Fsp3) is 0.222. The van der Waals surface area contributed by atoms with Crippen molar-refractivity contribution in [3.63, 3.8) is 0 Å². The van der Waals surface area contributed by atoms with Gasteiger partial charge in [-0.15, -0.1) is 0 Å². The molecule has 0 bridgehead atoms. The van der Waals surface area contributed by atoms with E-state index in [1.54, 1.807) is 27.6 Å². The Morgan fingerprint density at radius 3 is 2.68 bits per heavy atom. The maximum atomic E-state index is 14.5. The van der Waals surface area contributed by atoms with Gasteiger partial charge in [0.15, 0.2) is 11.6 Å². The average Bonchev–Trinajstić information content (AvgIpc) is 3.31. The molecular weight excluding hydrogens is 388 g/mol. The average molecular weight is 403 g/mol. The van der Waals surface area contributed by atoms with Gasteiger partial charge in [0.25, 0.3) is 0 Å². The molecule has 0 amide bonds. The molecule has 5 rings (SSSR count). The zero-order valence-electron chi connectivity index (χ0n) is 14.5. The van der Waals surface area contributed by atoms with Gasteiger partial charge in [-0.2, -0.15) is 0 Å². The Bertz CT molecular complexity index is 1300. The highest BCUT2D eigenvalue weighted by atomic mass is 32.2. The first-order valence-corrected chi connectivity index (χ1v) is 9.91. The summed E-state index contributed by atoms with van der Waals surface area (Å²) in [4.78, 5) is 8.90. The number of hydrogen-bond acceptors (Lipinski definition) is 4. The lowest BCUT2D eigenvalue weighted by atomic mass is 10.2. The van der Waals surface area contributed by atoms with Gasteiger partial charge in [-0.05, 0) is 42.7 Å². The quantitative estimate of drug-likeness (QED) is 0.502. The highest BCUT2D eigenvalue weighted by Gasteiger charge is 2.31. The van der Waals surface area contributed by atoms with Crippen molar-refractivity contribution in [2.24, 2.45) is 0 Å². The molecule has 1 N–H and O–H groups in total. The molecule has 1 fully saturated rings. The fourth-order valence-electron chi connectivity index (χ4n) is 3.44. The van der Waals surface area contributed by atoms with E-state index in [0.717, 1.165) is 24.5 Å². The predicted octanol–water partition coefficient (Wildman–Crippen LogP) is 2.60. The molecular formula is C18H15F2N5O2S. The van der Waals surface area contributed by atoms with Crippen LogP contribution in [-0.4, -0.2) is 27.5 Å². The Morgan fingerprint density at radius 1 is 1.14 bits per heavy atom. The van der Waals surface area contributed by atoms with Crippen molar-refractivity contribution in [1.82, 2.24) is 23.8 Å². The summed E-state index contributed by atoms with van der Waals surface area (Å²) in [5.41, 5.74) is 2.68. The maximum absolute atomic E-state index is 14.5. The molecule has 1 aliphatic rings.